The molecule has 0 unspecified atom stereocenters. The molecule has 1 heterocycles. The molecule has 0 bridgehead atoms. The van der Waals surface area contributed by atoms with E-state index in [1.807, 2.05) is 26.8 Å². The first-order valence-electron chi connectivity index (χ1n) is 7.28. The van der Waals surface area contributed by atoms with Gasteiger partial charge in [0, 0.05) is 18.6 Å². The molecule has 1 aromatic heterocycles. The summed E-state index contributed by atoms with van der Waals surface area (Å²) in [5.74, 6) is 0.648. The molecule has 0 aliphatic carbocycles. The number of carbonyl (C=O) groups excluding carboxylic acids is 1. The van der Waals surface area contributed by atoms with Crippen LogP contribution >= 0.6 is 0 Å². The molecule has 0 atom stereocenters. The first-order valence-corrected chi connectivity index (χ1v) is 7.28. The van der Waals surface area contributed by atoms with Crippen molar-refractivity contribution in [3.05, 3.63) is 17.8 Å². The molecule has 5 heteroatoms. The van der Waals surface area contributed by atoms with Gasteiger partial charge in [0.1, 0.15) is 0 Å². The fraction of sp³-hybridized carbons (Fsp3) is 0.667. The molecule has 5 nitrogen and oxygen atoms in total. The fourth-order valence-corrected chi connectivity index (χ4v) is 1.90. The second-order valence-corrected chi connectivity index (χ2v) is 5.97. The lowest BCUT2D eigenvalue weighted by Gasteiger charge is -2.22. The van der Waals surface area contributed by atoms with E-state index in [0.29, 0.717) is 5.69 Å². The lowest BCUT2D eigenvalue weighted by molar-refractivity contribution is 0.0913. The lowest BCUT2D eigenvalue weighted by Crippen LogP contribution is -2.41. The van der Waals surface area contributed by atoms with E-state index in [0.717, 1.165) is 31.7 Å². The average molecular weight is 278 g/mol. The second kappa shape index (κ2) is 7.22. The predicted octanol–water partition coefficient (Wildman–Crippen LogP) is 2.63. The topological polar surface area (TPSA) is 58.1 Å². The highest BCUT2D eigenvalue weighted by atomic mass is 16.2. The first kappa shape index (κ1) is 16.4. The number of nitrogens with zero attached hydrogens (tertiary/aromatic N) is 3. The molecule has 1 aromatic rings. The number of nitrogens with one attached hydrogen (secondary N) is 1. The SMILES string of the molecule is CCCN(CCC)c1ccc(C(=O)NC(C)(C)C)nn1. The smallest absolute Gasteiger partial charge is 0.272 e. The van der Waals surface area contributed by atoms with Gasteiger partial charge in [-0.3, -0.25) is 4.79 Å². The van der Waals surface area contributed by atoms with E-state index in [9.17, 15) is 4.79 Å². The molecule has 1 rings (SSSR count). The Hall–Kier alpha value is -1.65. The van der Waals surface area contributed by atoms with E-state index in [1.54, 1.807) is 6.07 Å². The molecule has 1 amide bonds. The molecule has 0 fully saturated rings. The lowest BCUT2D eigenvalue weighted by atomic mass is 10.1. The Bertz CT molecular complexity index is 416. The third-order valence-corrected chi connectivity index (χ3v) is 2.68. The van der Waals surface area contributed by atoms with Gasteiger partial charge < -0.3 is 10.2 Å². The van der Waals surface area contributed by atoms with Gasteiger partial charge >= 0.3 is 0 Å². The standard InChI is InChI=1S/C15H26N4O/c1-6-10-19(11-7-2)13-9-8-12(17-18-13)14(20)16-15(3,4)5/h8-9H,6-7,10-11H2,1-5H3,(H,16,20). The first-order chi connectivity index (χ1) is 9.37. The van der Waals surface area contributed by atoms with Gasteiger partial charge in [-0.2, -0.15) is 0 Å². The highest BCUT2D eigenvalue weighted by molar-refractivity contribution is 5.92. The molecule has 0 saturated heterocycles. The van der Waals surface area contributed by atoms with Crippen LogP contribution in [0.1, 0.15) is 57.9 Å². The zero-order chi connectivity index (χ0) is 15.2. The Morgan fingerprint density at radius 3 is 2.15 bits per heavy atom. The van der Waals surface area contributed by atoms with E-state index in [4.69, 9.17) is 0 Å². The summed E-state index contributed by atoms with van der Waals surface area (Å²) in [6, 6.07) is 3.61. The summed E-state index contributed by atoms with van der Waals surface area (Å²) < 4.78 is 0. The molecule has 112 valence electrons. The van der Waals surface area contributed by atoms with Gasteiger partial charge in [-0.1, -0.05) is 13.8 Å². The molecular formula is C15H26N4O. The van der Waals surface area contributed by atoms with E-state index in [-0.39, 0.29) is 11.4 Å². The van der Waals surface area contributed by atoms with Crippen molar-refractivity contribution in [3.8, 4) is 0 Å². The summed E-state index contributed by atoms with van der Waals surface area (Å²) in [6.07, 6.45) is 2.13. The summed E-state index contributed by atoms with van der Waals surface area (Å²) in [4.78, 5) is 14.2. The summed E-state index contributed by atoms with van der Waals surface area (Å²) in [5, 5.41) is 11.1. The molecule has 0 aliphatic heterocycles. The molecule has 0 radical (unpaired) electrons. The molecule has 0 spiro atoms. The third-order valence-electron chi connectivity index (χ3n) is 2.68. The van der Waals surface area contributed by atoms with Crippen molar-refractivity contribution in [3.63, 3.8) is 0 Å². The summed E-state index contributed by atoms with van der Waals surface area (Å²) >= 11 is 0. The van der Waals surface area contributed by atoms with E-state index >= 15 is 0 Å². The molecule has 1 N–H and O–H groups in total. The van der Waals surface area contributed by atoms with Crippen LogP contribution in [0.4, 0.5) is 5.82 Å². The average Bonchev–Trinajstić information content (AvgIpc) is 2.37. The number of aromatic nitrogens is 2. The molecule has 20 heavy (non-hydrogen) atoms. The van der Waals surface area contributed by atoms with Gasteiger partial charge in [0.15, 0.2) is 11.5 Å². The van der Waals surface area contributed by atoms with Crippen LogP contribution in [0.25, 0.3) is 0 Å². The molecule has 0 aromatic carbocycles. The number of hydrogen-bond acceptors (Lipinski definition) is 4. The Morgan fingerprint density at radius 2 is 1.75 bits per heavy atom. The van der Waals surface area contributed by atoms with E-state index < -0.39 is 0 Å². The summed E-state index contributed by atoms with van der Waals surface area (Å²) in [7, 11) is 0. The van der Waals surface area contributed by atoms with Crippen LogP contribution in [0, 0.1) is 0 Å². The monoisotopic (exact) mass is 278 g/mol. The van der Waals surface area contributed by atoms with Crippen molar-refractivity contribution in [2.24, 2.45) is 0 Å². The van der Waals surface area contributed by atoms with Crippen molar-refractivity contribution in [2.75, 3.05) is 18.0 Å². The third kappa shape index (κ3) is 5.15. The predicted molar refractivity (Wildman–Crippen MR) is 82.0 cm³/mol. The van der Waals surface area contributed by atoms with Crippen molar-refractivity contribution in [1.29, 1.82) is 0 Å². The second-order valence-electron chi connectivity index (χ2n) is 5.97. The van der Waals surface area contributed by atoms with Crippen molar-refractivity contribution in [2.45, 2.75) is 53.0 Å². The maximum absolute atomic E-state index is 12.0. The van der Waals surface area contributed by atoms with Gasteiger partial charge in [-0.05, 0) is 45.7 Å². The fourth-order valence-electron chi connectivity index (χ4n) is 1.90. The van der Waals surface area contributed by atoms with Gasteiger partial charge in [0.2, 0.25) is 0 Å². The van der Waals surface area contributed by atoms with E-state index in [1.165, 1.54) is 0 Å². The minimum Gasteiger partial charge on any atom is -0.355 e. The normalized spacial score (nSPS) is 11.2. The maximum Gasteiger partial charge on any atom is 0.272 e. The number of amides is 1. The Balaban J connectivity index is 2.79. The summed E-state index contributed by atoms with van der Waals surface area (Å²) in [5.41, 5.74) is 0.0880. The zero-order valence-corrected chi connectivity index (χ0v) is 13.2. The Morgan fingerprint density at radius 1 is 1.15 bits per heavy atom. The van der Waals surface area contributed by atoms with Crippen molar-refractivity contribution in [1.82, 2.24) is 15.5 Å². The highest BCUT2D eigenvalue weighted by Gasteiger charge is 2.17. The number of anilines is 1. The van der Waals surface area contributed by atoms with Crippen LogP contribution in [0.5, 0.6) is 0 Å². The minimum absolute atomic E-state index is 0.186. The molecular weight excluding hydrogens is 252 g/mol. The van der Waals surface area contributed by atoms with Crippen LogP contribution in [0.3, 0.4) is 0 Å². The number of carbonyl (C=O) groups is 1. The van der Waals surface area contributed by atoms with Crippen LogP contribution in [0.15, 0.2) is 12.1 Å². The van der Waals surface area contributed by atoms with Gasteiger partial charge in [0.05, 0.1) is 0 Å². The van der Waals surface area contributed by atoms with Gasteiger partial charge in [0.25, 0.3) is 5.91 Å². The van der Waals surface area contributed by atoms with Crippen LogP contribution in [-0.4, -0.2) is 34.7 Å². The van der Waals surface area contributed by atoms with E-state index in [2.05, 4.69) is 34.3 Å². The largest absolute Gasteiger partial charge is 0.355 e. The number of hydrogen-bond donors (Lipinski definition) is 1. The van der Waals surface area contributed by atoms with Crippen molar-refractivity contribution < 1.29 is 4.79 Å². The highest BCUT2D eigenvalue weighted by Crippen LogP contribution is 2.11. The number of rotatable bonds is 6. The van der Waals surface area contributed by atoms with Gasteiger partial charge in [-0.15, -0.1) is 10.2 Å². The van der Waals surface area contributed by atoms with Crippen LogP contribution in [0.2, 0.25) is 0 Å². The Kier molecular flexibility index (Phi) is 5.92. The van der Waals surface area contributed by atoms with Crippen LogP contribution < -0.4 is 10.2 Å². The quantitative estimate of drug-likeness (QED) is 0.869. The Labute approximate surface area is 121 Å². The molecule has 0 aliphatic rings. The minimum atomic E-state index is -0.270. The van der Waals surface area contributed by atoms with Crippen LogP contribution in [-0.2, 0) is 0 Å². The van der Waals surface area contributed by atoms with Crippen molar-refractivity contribution >= 4 is 11.7 Å². The van der Waals surface area contributed by atoms with Gasteiger partial charge in [-0.25, -0.2) is 0 Å². The molecule has 0 saturated carbocycles. The zero-order valence-electron chi connectivity index (χ0n) is 13.2. The maximum atomic E-state index is 12.0. The summed E-state index contributed by atoms with van der Waals surface area (Å²) in [6.45, 7) is 12.0.